The molecule has 2 saturated heterocycles. The van der Waals surface area contributed by atoms with E-state index >= 15 is 0 Å². The predicted octanol–water partition coefficient (Wildman–Crippen LogP) is 7.56. The Morgan fingerprint density at radius 1 is 0.881 bits per heavy atom. The summed E-state index contributed by atoms with van der Waals surface area (Å²) < 4.78 is 44.4. The van der Waals surface area contributed by atoms with E-state index in [4.69, 9.17) is 11.6 Å². The van der Waals surface area contributed by atoms with E-state index in [9.17, 15) is 13.2 Å². The fourth-order valence-electron chi connectivity index (χ4n) is 5.88. The molecule has 1 unspecified atom stereocenters. The van der Waals surface area contributed by atoms with E-state index in [0.717, 1.165) is 91.4 Å². The lowest BCUT2D eigenvalue weighted by Gasteiger charge is -2.35. The van der Waals surface area contributed by atoms with Crippen molar-refractivity contribution in [2.24, 2.45) is 0 Å². The second-order valence-electron chi connectivity index (χ2n) is 10.7. The molecule has 4 aromatic rings. The first kappa shape index (κ1) is 32.5. The number of alkyl halides is 3. The van der Waals surface area contributed by atoms with Gasteiger partial charge in [-0.3, -0.25) is 9.80 Å². The maximum atomic E-state index is 12.7. The summed E-state index contributed by atoms with van der Waals surface area (Å²) in [6, 6.07) is 21.2. The molecule has 0 saturated carbocycles. The number of rotatable bonds is 7. The maximum Gasteiger partial charge on any atom is 0.573 e. The van der Waals surface area contributed by atoms with Gasteiger partial charge < -0.3 is 14.6 Å². The average molecular weight is 642 g/mol. The number of aromatic nitrogens is 1. The molecule has 0 amide bonds. The summed E-state index contributed by atoms with van der Waals surface area (Å²) in [6.07, 6.45) is -1.51. The Balaban J connectivity index is 0.00000202. The van der Waals surface area contributed by atoms with Crippen LogP contribution in [-0.4, -0.2) is 60.0 Å². The third-order valence-corrected chi connectivity index (χ3v) is 8.32. The molecule has 0 aliphatic carbocycles. The number of nitrogens with zero attached hydrogens (tertiary/aromatic N) is 3. The molecular weight excluding hydrogens is 608 g/mol. The molecule has 42 heavy (non-hydrogen) atoms. The molecule has 1 atom stereocenters. The molecule has 226 valence electrons. The van der Waals surface area contributed by atoms with Gasteiger partial charge in [0.1, 0.15) is 5.75 Å². The number of nitrogens with one attached hydrogen (secondary N) is 1. The number of fused-ring (bicyclic) bond motifs is 1. The van der Waals surface area contributed by atoms with Crippen LogP contribution in [0.3, 0.4) is 0 Å². The fourth-order valence-corrected chi connectivity index (χ4v) is 6.07. The summed E-state index contributed by atoms with van der Waals surface area (Å²) in [5, 5.41) is 5.37. The van der Waals surface area contributed by atoms with Crippen LogP contribution >= 0.6 is 36.4 Å². The van der Waals surface area contributed by atoms with Crippen LogP contribution in [0.2, 0.25) is 5.02 Å². The number of piperazine rings is 1. The molecule has 2 aliphatic heterocycles. The average Bonchev–Trinajstić information content (AvgIpc) is 3.59. The lowest BCUT2D eigenvalue weighted by atomic mass is 10.0. The number of ether oxygens (including phenoxy) is 1. The van der Waals surface area contributed by atoms with E-state index < -0.39 is 6.36 Å². The Kier molecular flexibility index (Phi) is 10.7. The van der Waals surface area contributed by atoms with Gasteiger partial charge in [0.05, 0.1) is 0 Å². The summed E-state index contributed by atoms with van der Waals surface area (Å²) in [5.74, 6) is -0.214. The molecule has 0 bridgehead atoms. The van der Waals surface area contributed by atoms with Gasteiger partial charge in [0.25, 0.3) is 0 Å². The van der Waals surface area contributed by atoms with Gasteiger partial charge in [0, 0.05) is 79.5 Å². The minimum Gasteiger partial charge on any atom is -0.406 e. The Morgan fingerprint density at radius 3 is 2.21 bits per heavy atom. The number of halogens is 6. The summed E-state index contributed by atoms with van der Waals surface area (Å²) in [7, 11) is 0. The van der Waals surface area contributed by atoms with E-state index in [1.54, 1.807) is 12.1 Å². The van der Waals surface area contributed by atoms with E-state index in [1.807, 2.05) is 18.2 Å². The standard InChI is InChI=1S/C31H32ClF3N4O.2ClH/c32-29-4-2-1-3-24(29)20-38-15-13-37(14-16-38)19-22-5-10-30-27(17-22)28(21-39(30)25-11-12-36-18-25)23-6-8-26(9-7-23)40-31(33,34)35;;/h1-10,17,21,25,36H,11-16,18-20H2;2*1H. The van der Waals surface area contributed by atoms with Crippen LogP contribution in [0.1, 0.15) is 23.6 Å². The molecule has 1 N–H and O–H groups in total. The van der Waals surface area contributed by atoms with Gasteiger partial charge >= 0.3 is 6.36 Å². The van der Waals surface area contributed by atoms with Crippen molar-refractivity contribution in [3.05, 3.63) is 89.1 Å². The fraction of sp³-hybridized carbons (Fsp3) is 0.355. The van der Waals surface area contributed by atoms with Crippen molar-refractivity contribution in [3.63, 3.8) is 0 Å². The van der Waals surface area contributed by atoms with Crippen molar-refractivity contribution in [1.29, 1.82) is 0 Å². The van der Waals surface area contributed by atoms with Crippen molar-refractivity contribution in [1.82, 2.24) is 19.7 Å². The van der Waals surface area contributed by atoms with E-state index in [1.165, 1.54) is 17.7 Å². The molecule has 0 spiro atoms. The second-order valence-corrected chi connectivity index (χ2v) is 11.1. The van der Waals surface area contributed by atoms with Gasteiger partial charge in [-0.1, -0.05) is 48.0 Å². The molecule has 2 aliphatic rings. The molecule has 11 heteroatoms. The van der Waals surface area contributed by atoms with Gasteiger partial charge in [0.2, 0.25) is 0 Å². The predicted molar refractivity (Wildman–Crippen MR) is 167 cm³/mol. The van der Waals surface area contributed by atoms with Crippen LogP contribution < -0.4 is 10.1 Å². The Morgan fingerprint density at radius 2 is 1.57 bits per heavy atom. The first-order valence-corrected chi connectivity index (χ1v) is 14.1. The second kappa shape index (κ2) is 13.9. The SMILES string of the molecule is Cl.Cl.FC(F)(F)Oc1ccc(-c2cn(C3CCNC3)c3ccc(CN4CCN(Cc5ccccc5Cl)CC4)cc23)cc1. The molecule has 1 aromatic heterocycles. The van der Waals surface area contributed by atoms with Crippen LogP contribution in [0.15, 0.2) is 72.9 Å². The number of hydrogen-bond donors (Lipinski definition) is 1. The van der Waals surface area contributed by atoms with Gasteiger partial charge in [-0.25, -0.2) is 0 Å². The van der Waals surface area contributed by atoms with Crippen molar-refractivity contribution in [2.45, 2.75) is 31.9 Å². The largest absolute Gasteiger partial charge is 0.573 e. The Bertz CT molecular complexity index is 1460. The van der Waals surface area contributed by atoms with Crippen LogP contribution in [0.25, 0.3) is 22.0 Å². The zero-order valence-corrected chi connectivity index (χ0v) is 25.3. The highest BCUT2D eigenvalue weighted by atomic mass is 35.5. The zero-order chi connectivity index (χ0) is 27.7. The zero-order valence-electron chi connectivity index (χ0n) is 22.9. The molecule has 5 nitrogen and oxygen atoms in total. The van der Waals surface area contributed by atoms with Crippen LogP contribution in [0.5, 0.6) is 5.75 Å². The van der Waals surface area contributed by atoms with Gasteiger partial charge in [-0.05, 0) is 60.0 Å². The quantitative estimate of drug-likeness (QED) is 0.226. The normalized spacial score (nSPS) is 18.0. The highest BCUT2D eigenvalue weighted by Crippen LogP contribution is 2.36. The summed E-state index contributed by atoms with van der Waals surface area (Å²) in [6.45, 7) is 7.51. The van der Waals surface area contributed by atoms with E-state index in [0.29, 0.717) is 6.04 Å². The van der Waals surface area contributed by atoms with Crippen molar-refractivity contribution < 1.29 is 17.9 Å². The molecule has 6 rings (SSSR count). The lowest BCUT2D eigenvalue weighted by molar-refractivity contribution is -0.274. The van der Waals surface area contributed by atoms with Gasteiger partial charge in [-0.15, -0.1) is 38.0 Å². The number of benzene rings is 3. The van der Waals surface area contributed by atoms with Crippen molar-refractivity contribution in [2.75, 3.05) is 39.3 Å². The molecule has 3 heterocycles. The monoisotopic (exact) mass is 640 g/mol. The first-order chi connectivity index (χ1) is 19.3. The van der Waals surface area contributed by atoms with Crippen LogP contribution in [-0.2, 0) is 13.1 Å². The first-order valence-electron chi connectivity index (χ1n) is 13.7. The van der Waals surface area contributed by atoms with E-state index in [2.05, 4.69) is 54.9 Å². The Hall–Kier alpha value is -2.46. The van der Waals surface area contributed by atoms with Crippen molar-refractivity contribution >= 4 is 47.3 Å². The lowest BCUT2D eigenvalue weighted by Crippen LogP contribution is -2.45. The van der Waals surface area contributed by atoms with Crippen LogP contribution in [0.4, 0.5) is 13.2 Å². The summed E-state index contributed by atoms with van der Waals surface area (Å²) in [4.78, 5) is 4.92. The number of hydrogen-bond acceptors (Lipinski definition) is 4. The maximum absolute atomic E-state index is 12.7. The minimum atomic E-state index is -4.71. The molecular formula is C31H34Cl3F3N4O. The third-order valence-electron chi connectivity index (χ3n) is 7.95. The summed E-state index contributed by atoms with van der Waals surface area (Å²) >= 11 is 6.37. The molecule has 0 radical (unpaired) electrons. The highest BCUT2D eigenvalue weighted by Gasteiger charge is 2.31. The molecule has 2 fully saturated rings. The van der Waals surface area contributed by atoms with Crippen molar-refractivity contribution in [3.8, 4) is 16.9 Å². The van der Waals surface area contributed by atoms with E-state index in [-0.39, 0.29) is 30.6 Å². The smallest absolute Gasteiger partial charge is 0.406 e. The molecule has 3 aromatic carbocycles. The highest BCUT2D eigenvalue weighted by molar-refractivity contribution is 6.31. The topological polar surface area (TPSA) is 32.7 Å². The van der Waals surface area contributed by atoms with Gasteiger partial charge in [0.15, 0.2) is 0 Å². The summed E-state index contributed by atoms with van der Waals surface area (Å²) in [5.41, 5.74) is 5.43. The minimum absolute atomic E-state index is 0. The Labute approximate surface area is 261 Å². The van der Waals surface area contributed by atoms with Crippen LogP contribution in [0, 0.1) is 0 Å². The third kappa shape index (κ3) is 7.54. The van der Waals surface area contributed by atoms with Gasteiger partial charge in [-0.2, -0.15) is 0 Å².